The number of benzene rings is 1. The molecule has 0 unspecified atom stereocenters. The smallest absolute Gasteiger partial charge is 0.409 e. The number of hydrogen-bond donors (Lipinski definition) is 2. The summed E-state index contributed by atoms with van der Waals surface area (Å²) in [6.45, 7) is 4.03. The van der Waals surface area contributed by atoms with Gasteiger partial charge in [0.2, 0.25) is 0 Å². The van der Waals surface area contributed by atoms with Crippen LogP contribution in [0.3, 0.4) is 0 Å². The van der Waals surface area contributed by atoms with Crippen LogP contribution in [-0.2, 0) is 21.1 Å². The molecule has 0 aromatic heterocycles. The maximum atomic E-state index is 11.7. The van der Waals surface area contributed by atoms with Crippen molar-refractivity contribution >= 4 is 45.9 Å². The topological polar surface area (TPSA) is 100 Å². The van der Waals surface area contributed by atoms with E-state index in [0.717, 1.165) is 18.4 Å². The van der Waals surface area contributed by atoms with Crippen molar-refractivity contribution in [1.82, 2.24) is 15.5 Å². The molecule has 1 fully saturated rings. The van der Waals surface area contributed by atoms with Crippen LogP contribution in [0, 0.1) is 0 Å². The second-order valence-corrected chi connectivity index (χ2v) is 8.46. The van der Waals surface area contributed by atoms with Gasteiger partial charge in [-0.15, -0.1) is 24.0 Å². The molecule has 0 aliphatic carbocycles. The molecule has 1 saturated heterocycles. The molecule has 1 amide bonds. The molecule has 0 radical (unpaired) electrons. The molecule has 1 aliphatic rings. The Hall–Kier alpha value is -1.56. The van der Waals surface area contributed by atoms with Gasteiger partial charge in [-0.1, -0.05) is 12.1 Å². The van der Waals surface area contributed by atoms with Crippen LogP contribution in [0.5, 0.6) is 0 Å². The second-order valence-electron chi connectivity index (χ2n) is 6.45. The minimum absolute atomic E-state index is 0. The number of guanidine groups is 1. The zero-order chi connectivity index (χ0) is 19.9. The SMILES string of the molecule is CCOC(=O)N1CCC(NC(=NC)NCc2ccc(S(C)(=O)=O)cc2)CC1.I. The number of amides is 1. The number of likely N-dealkylation sites (tertiary alicyclic amines) is 1. The first-order valence-electron chi connectivity index (χ1n) is 9.01. The number of piperidine rings is 1. The number of rotatable bonds is 5. The van der Waals surface area contributed by atoms with E-state index in [9.17, 15) is 13.2 Å². The van der Waals surface area contributed by atoms with Crippen molar-refractivity contribution in [3.8, 4) is 0 Å². The van der Waals surface area contributed by atoms with Crippen LogP contribution in [0.25, 0.3) is 0 Å². The molecule has 28 heavy (non-hydrogen) atoms. The number of carbonyl (C=O) groups is 1. The average molecular weight is 524 g/mol. The van der Waals surface area contributed by atoms with Gasteiger partial charge in [-0.25, -0.2) is 13.2 Å². The summed E-state index contributed by atoms with van der Waals surface area (Å²) in [5.74, 6) is 0.678. The average Bonchev–Trinajstić information content (AvgIpc) is 2.65. The number of halogens is 1. The molecule has 158 valence electrons. The molecule has 1 aromatic carbocycles. The van der Waals surface area contributed by atoms with Crippen LogP contribution in [0.4, 0.5) is 4.79 Å². The third-order valence-electron chi connectivity index (χ3n) is 4.40. The standard InChI is InChI=1S/C18H28N4O4S.HI/c1-4-26-18(23)22-11-9-15(10-12-22)21-17(19-2)20-13-14-5-7-16(8-6-14)27(3,24)25;/h5-8,15H,4,9-13H2,1-3H3,(H2,19,20,21);1H. The Bertz CT molecular complexity index is 760. The van der Waals surface area contributed by atoms with Gasteiger partial charge in [0.25, 0.3) is 0 Å². The summed E-state index contributed by atoms with van der Waals surface area (Å²) in [7, 11) is -1.48. The Kier molecular flexibility index (Phi) is 10.0. The molecular weight excluding hydrogens is 495 g/mol. The number of hydrogen-bond acceptors (Lipinski definition) is 5. The van der Waals surface area contributed by atoms with Crippen LogP contribution < -0.4 is 10.6 Å². The summed E-state index contributed by atoms with van der Waals surface area (Å²) in [5, 5.41) is 6.60. The minimum atomic E-state index is -3.18. The number of carbonyl (C=O) groups excluding carboxylic acids is 1. The van der Waals surface area contributed by atoms with E-state index in [-0.39, 0.29) is 36.1 Å². The van der Waals surface area contributed by atoms with Gasteiger partial charge in [-0.05, 0) is 37.5 Å². The molecule has 0 saturated carbocycles. The van der Waals surface area contributed by atoms with Gasteiger partial charge in [0.1, 0.15) is 0 Å². The van der Waals surface area contributed by atoms with Crippen molar-refractivity contribution in [2.45, 2.75) is 37.2 Å². The number of nitrogens with one attached hydrogen (secondary N) is 2. The molecule has 1 aromatic rings. The molecule has 1 aliphatic heterocycles. The van der Waals surface area contributed by atoms with E-state index in [2.05, 4.69) is 15.6 Å². The number of ether oxygens (including phenoxy) is 1. The van der Waals surface area contributed by atoms with Crippen molar-refractivity contribution in [3.05, 3.63) is 29.8 Å². The first-order chi connectivity index (χ1) is 12.8. The molecule has 0 bridgehead atoms. The van der Waals surface area contributed by atoms with E-state index in [0.29, 0.717) is 37.1 Å². The summed E-state index contributed by atoms with van der Waals surface area (Å²) in [5.41, 5.74) is 0.961. The van der Waals surface area contributed by atoms with E-state index in [4.69, 9.17) is 4.74 Å². The molecule has 10 heteroatoms. The summed E-state index contributed by atoms with van der Waals surface area (Å²) in [4.78, 5) is 18.0. The Morgan fingerprint density at radius 2 is 1.86 bits per heavy atom. The third kappa shape index (κ3) is 7.46. The Balaban J connectivity index is 0.00000392. The lowest BCUT2D eigenvalue weighted by Crippen LogP contribution is -2.49. The number of aliphatic imine (C=N–C) groups is 1. The molecular formula is C18H29IN4O4S. The molecule has 0 spiro atoms. The zero-order valence-electron chi connectivity index (χ0n) is 16.5. The Labute approximate surface area is 184 Å². The first-order valence-corrected chi connectivity index (χ1v) is 10.9. The van der Waals surface area contributed by atoms with Gasteiger partial charge < -0.3 is 20.3 Å². The largest absolute Gasteiger partial charge is 0.450 e. The fourth-order valence-electron chi connectivity index (χ4n) is 2.85. The van der Waals surface area contributed by atoms with E-state index in [1.807, 2.05) is 0 Å². The monoisotopic (exact) mass is 524 g/mol. The van der Waals surface area contributed by atoms with Crippen molar-refractivity contribution in [1.29, 1.82) is 0 Å². The van der Waals surface area contributed by atoms with Crippen molar-refractivity contribution < 1.29 is 17.9 Å². The lowest BCUT2D eigenvalue weighted by molar-refractivity contribution is 0.0963. The highest BCUT2D eigenvalue weighted by Gasteiger charge is 2.24. The van der Waals surface area contributed by atoms with Gasteiger partial charge in [-0.3, -0.25) is 4.99 Å². The minimum Gasteiger partial charge on any atom is -0.450 e. The van der Waals surface area contributed by atoms with Gasteiger partial charge in [-0.2, -0.15) is 0 Å². The molecule has 2 N–H and O–H groups in total. The van der Waals surface area contributed by atoms with Gasteiger partial charge in [0.05, 0.1) is 11.5 Å². The predicted molar refractivity (Wildman–Crippen MR) is 120 cm³/mol. The molecule has 1 heterocycles. The van der Waals surface area contributed by atoms with Crippen LogP contribution in [0.1, 0.15) is 25.3 Å². The quantitative estimate of drug-likeness (QED) is 0.347. The van der Waals surface area contributed by atoms with Crippen molar-refractivity contribution in [3.63, 3.8) is 0 Å². The van der Waals surface area contributed by atoms with Gasteiger partial charge in [0, 0.05) is 39.0 Å². The summed E-state index contributed by atoms with van der Waals surface area (Å²) < 4.78 is 28.0. The summed E-state index contributed by atoms with van der Waals surface area (Å²) >= 11 is 0. The van der Waals surface area contributed by atoms with E-state index >= 15 is 0 Å². The molecule has 0 atom stereocenters. The molecule has 8 nitrogen and oxygen atoms in total. The van der Waals surface area contributed by atoms with E-state index in [1.165, 1.54) is 6.26 Å². The van der Waals surface area contributed by atoms with Crippen LogP contribution in [-0.4, -0.2) is 64.4 Å². The second kappa shape index (κ2) is 11.4. The lowest BCUT2D eigenvalue weighted by Gasteiger charge is -2.32. The third-order valence-corrected chi connectivity index (χ3v) is 5.53. The lowest BCUT2D eigenvalue weighted by atomic mass is 10.1. The predicted octanol–water partition coefficient (Wildman–Crippen LogP) is 1.99. The Morgan fingerprint density at radius 1 is 1.25 bits per heavy atom. The van der Waals surface area contributed by atoms with Crippen LogP contribution >= 0.6 is 24.0 Å². The van der Waals surface area contributed by atoms with E-state index < -0.39 is 9.84 Å². The van der Waals surface area contributed by atoms with Crippen LogP contribution in [0.15, 0.2) is 34.2 Å². The number of nitrogens with zero attached hydrogens (tertiary/aromatic N) is 2. The summed E-state index contributed by atoms with van der Waals surface area (Å²) in [6.07, 6.45) is 2.58. The van der Waals surface area contributed by atoms with Gasteiger partial charge in [0.15, 0.2) is 15.8 Å². The van der Waals surface area contributed by atoms with E-state index in [1.54, 1.807) is 43.1 Å². The number of sulfone groups is 1. The summed E-state index contributed by atoms with van der Waals surface area (Å²) in [6, 6.07) is 7.01. The van der Waals surface area contributed by atoms with Gasteiger partial charge >= 0.3 is 6.09 Å². The highest BCUT2D eigenvalue weighted by Crippen LogP contribution is 2.12. The Morgan fingerprint density at radius 3 is 2.36 bits per heavy atom. The first kappa shape index (κ1) is 24.5. The molecule has 2 rings (SSSR count). The highest BCUT2D eigenvalue weighted by molar-refractivity contribution is 14.0. The zero-order valence-corrected chi connectivity index (χ0v) is 19.6. The maximum absolute atomic E-state index is 11.7. The maximum Gasteiger partial charge on any atom is 0.409 e. The normalized spacial score (nSPS) is 15.5. The fourth-order valence-corrected chi connectivity index (χ4v) is 3.48. The van der Waals surface area contributed by atoms with Crippen LogP contribution in [0.2, 0.25) is 0 Å². The van der Waals surface area contributed by atoms with Crippen molar-refractivity contribution in [2.24, 2.45) is 4.99 Å². The van der Waals surface area contributed by atoms with Crippen molar-refractivity contribution in [2.75, 3.05) is 33.0 Å². The highest BCUT2D eigenvalue weighted by atomic mass is 127. The fraction of sp³-hybridized carbons (Fsp3) is 0.556.